The molecule has 3 nitrogen and oxygen atoms in total. The second kappa shape index (κ2) is 6.24. The fourth-order valence-electron chi connectivity index (χ4n) is 2.56. The minimum atomic E-state index is -0.0402. The van der Waals surface area contributed by atoms with Crippen LogP contribution in [0.15, 0.2) is 48.7 Å². The van der Waals surface area contributed by atoms with Crippen LogP contribution in [-0.4, -0.2) is 17.4 Å². The van der Waals surface area contributed by atoms with Gasteiger partial charge in [-0.3, -0.25) is 4.79 Å². The number of aromatic nitrogens is 1. The molecule has 0 radical (unpaired) electrons. The Kier molecular flexibility index (Phi) is 4.16. The molecule has 2 N–H and O–H groups in total. The average Bonchev–Trinajstić information content (AvgIpc) is 2.89. The van der Waals surface area contributed by atoms with Crippen LogP contribution >= 0.6 is 11.6 Å². The lowest BCUT2D eigenvalue weighted by molar-refractivity contribution is 0.0954. The van der Waals surface area contributed by atoms with Gasteiger partial charge >= 0.3 is 0 Å². The van der Waals surface area contributed by atoms with Gasteiger partial charge in [-0.1, -0.05) is 29.3 Å². The number of aryl methyl sites for hydroxylation is 1. The second-order valence-electron chi connectivity index (χ2n) is 5.38. The first-order chi connectivity index (χ1) is 10.6. The molecule has 2 aromatic carbocycles. The van der Waals surface area contributed by atoms with E-state index >= 15 is 0 Å². The molecule has 1 heterocycles. The predicted octanol–water partition coefficient (Wildman–Crippen LogP) is 4.10. The number of fused-ring (bicyclic) bond motifs is 1. The molecule has 112 valence electrons. The van der Waals surface area contributed by atoms with E-state index in [4.69, 9.17) is 11.6 Å². The zero-order valence-corrected chi connectivity index (χ0v) is 13.1. The van der Waals surface area contributed by atoms with E-state index in [1.165, 1.54) is 0 Å². The van der Waals surface area contributed by atoms with Gasteiger partial charge in [0, 0.05) is 34.2 Å². The van der Waals surface area contributed by atoms with Gasteiger partial charge in [-0.15, -0.1) is 0 Å². The van der Waals surface area contributed by atoms with Crippen molar-refractivity contribution < 1.29 is 4.79 Å². The average molecular weight is 313 g/mol. The van der Waals surface area contributed by atoms with Crippen LogP contribution in [0.1, 0.15) is 21.5 Å². The van der Waals surface area contributed by atoms with Crippen molar-refractivity contribution in [1.29, 1.82) is 0 Å². The van der Waals surface area contributed by atoms with E-state index in [9.17, 15) is 4.79 Å². The first-order valence-electron chi connectivity index (χ1n) is 7.24. The molecule has 3 aromatic rings. The van der Waals surface area contributed by atoms with E-state index in [0.29, 0.717) is 12.1 Å². The van der Waals surface area contributed by atoms with Gasteiger partial charge in [0.25, 0.3) is 5.91 Å². The summed E-state index contributed by atoms with van der Waals surface area (Å²) in [7, 11) is 0. The van der Waals surface area contributed by atoms with Crippen molar-refractivity contribution in [2.75, 3.05) is 6.54 Å². The normalized spacial score (nSPS) is 10.8. The molecule has 0 bridgehead atoms. The number of hydrogen-bond donors (Lipinski definition) is 2. The number of nitrogens with one attached hydrogen (secondary N) is 2. The molecule has 3 rings (SSSR count). The lowest BCUT2D eigenvalue weighted by Gasteiger charge is -2.05. The third-order valence-corrected chi connectivity index (χ3v) is 3.92. The summed E-state index contributed by atoms with van der Waals surface area (Å²) in [5.74, 6) is -0.0402. The molecule has 22 heavy (non-hydrogen) atoms. The summed E-state index contributed by atoms with van der Waals surface area (Å²) < 4.78 is 0. The van der Waals surface area contributed by atoms with Crippen molar-refractivity contribution in [2.24, 2.45) is 0 Å². The summed E-state index contributed by atoms with van der Waals surface area (Å²) in [4.78, 5) is 15.3. The van der Waals surface area contributed by atoms with Gasteiger partial charge in [-0.2, -0.15) is 0 Å². The molecule has 1 aromatic heterocycles. The van der Waals surface area contributed by atoms with Crippen LogP contribution in [0.4, 0.5) is 0 Å². The van der Waals surface area contributed by atoms with Crippen LogP contribution in [0.2, 0.25) is 5.02 Å². The van der Waals surface area contributed by atoms with Gasteiger partial charge in [0.1, 0.15) is 0 Å². The largest absolute Gasteiger partial charge is 0.361 e. The smallest absolute Gasteiger partial charge is 0.251 e. The number of aromatic amines is 1. The molecule has 0 aliphatic heterocycles. The number of carbonyl (C=O) groups is 1. The first kappa shape index (κ1) is 14.7. The van der Waals surface area contributed by atoms with Gasteiger partial charge in [0.2, 0.25) is 0 Å². The summed E-state index contributed by atoms with van der Waals surface area (Å²) in [6, 6.07) is 13.4. The van der Waals surface area contributed by atoms with Gasteiger partial charge in [0.05, 0.1) is 0 Å². The van der Waals surface area contributed by atoms with Crippen LogP contribution in [0.3, 0.4) is 0 Å². The molecule has 0 aliphatic carbocycles. The summed E-state index contributed by atoms with van der Waals surface area (Å²) in [5.41, 5.74) is 3.99. The maximum absolute atomic E-state index is 12.1. The Labute approximate surface area is 134 Å². The molecule has 0 aliphatic rings. The highest BCUT2D eigenvalue weighted by atomic mass is 35.5. The number of hydrogen-bond acceptors (Lipinski definition) is 1. The Morgan fingerprint density at radius 1 is 1.23 bits per heavy atom. The molecule has 0 spiro atoms. The minimum Gasteiger partial charge on any atom is -0.361 e. The number of benzene rings is 2. The predicted molar refractivity (Wildman–Crippen MR) is 90.5 cm³/mol. The lowest BCUT2D eigenvalue weighted by atomic mass is 10.1. The number of carbonyl (C=O) groups excluding carboxylic acids is 1. The van der Waals surface area contributed by atoms with Crippen molar-refractivity contribution in [1.82, 2.24) is 10.3 Å². The van der Waals surface area contributed by atoms with Crippen LogP contribution in [0, 0.1) is 6.92 Å². The van der Waals surface area contributed by atoms with Gasteiger partial charge in [-0.05, 0) is 49.2 Å². The highest BCUT2D eigenvalue weighted by Crippen LogP contribution is 2.22. The Hall–Kier alpha value is -2.26. The first-order valence-corrected chi connectivity index (χ1v) is 7.61. The van der Waals surface area contributed by atoms with Crippen molar-refractivity contribution in [3.63, 3.8) is 0 Å². The molecular formula is C18H17ClN2O. The minimum absolute atomic E-state index is 0.0402. The highest BCUT2D eigenvalue weighted by Gasteiger charge is 2.07. The molecule has 0 saturated carbocycles. The lowest BCUT2D eigenvalue weighted by Crippen LogP contribution is -2.25. The molecule has 0 unspecified atom stereocenters. The quantitative estimate of drug-likeness (QED) is 0.748. The van der Waals surface area contributed by atoms with Crippen LogP contribution in [-0.2, 0) is 6.42 Å². The fraction of sp³-hybridized carbons (Fsp3) is 0.167. The monoisotopic (exact) mass is 312 g/mol. The van der Waals surface area contributed by atoms with Crippen LogP contribution in [0.5, 0.6) is 0 Å². The van der Waals surface area contributed by atoms with E-state index < -0.39 is 0 Å². The maximum atomic E-state index is 12.1. The van der Waals surface area contributed by atoms with Crippen molar-refractivity contribution >= 4 is 28.4 Å². The highest BCUT2D eigenvalue weighted by molar-refractivity contribution is 6.31. The maximum Gasteiger partial charge on any atom is 0.251 e. The Balaban J connectivity index is 1.65. The van der Waals surface area contributed by atoms with Gasteiger partial charge < -0.3 is 10.3 Å². The number of H-pyrrole nitrogens is 1. The molecule has 1 amide bonds. The van der Waals surface area contributed by atoms with E-state index in [1.807, 2.05) is 55.6 Å². The Morgan fingerprint density at radius 2 is 2.09 bits per heavy atom. The van der Waals surface area contributed by atoms with Crippen LogP contribution in [0.25, 0.3) is 10.9 Å². The third-order valence-electron chi connectivity index (χ3n) is 3.69. The second-order valence-corrected chi connectivity index (χ2v) is 5.82. The molecule has 0 atom stereocenters. The zero-order valence-electron chi connectivity index (χ0n) is 12.3. The molecule has 0 fully saturated rings. The number of amides is 1. The summed E-state index contributed by atoms with van der Waals surface area (Å²) in [5, 5.41) is 4.79. The SMILES string of the molecule is Cc1cccc(C(=O)NCCc2c[nH]c3ccc(Cl)cc23)c1. The molecule has 4 heteroatoms. The number of halogens is 1. The van der Waals surface area contributed by atoms with E-state index in [-0.39, 0.29) is 5.91 Å². The van der Waals surface area contributed by atoms with E-state index in [2.05, 4.69) is 10.3 Å². The van der Waals surface area contributed by atoms with Gasteiger partial charge in [0.15, 0.2) is 0 Å². The van der Waals surface area contributed by atoms with Crippen LogP contribution < -0.4 is 5.32 Å². The third kappa shape index (κ3) is 3.15. The zero-order chi connectivity index (χ0) is 15.5. The summed E-state index contributed by atoms with van der Waals surface area (Å²) >= 11 is 6.04. The van der Waals surface area contributed by atoms with Gasteiger partial charge in [-0.25, -0.2) is 0 Å². The van der Waals surface area contributed by atoms with E-state index in [0.717, 1.165) is 33.5 Å². The van der Waals surface area contributed by atoms with Crippen molar-refractivity contribution in [3.8, 4) is 0 Å². The molecule has 0 saturated heterocycles. The summed E-state index contributed by atoms with van der Waals surface area (Å²) in [6.45, 7) is 2.57. The number of rotatable bonds is 4. The molecular weight excluding hydrogens is 296 g/mol. The Morgan fingerprint density at radius 3 is 2.91 bits per heavy atom. The van der Waals surface area contributed by atoms with Crippen molar-refractivity contribution in [3.05, 3.63) is 70.4 Å². The standard InChI is InChI=1S/C18H17ClN2O/c1-12-3-2-4-13(9-12)18(22)20-8-7-14-11-21-17-6-5-15(19)10-16(14)17/h2-6,9-11,21H,7-8H2,1H3,(H,20,22). The topological polar surface area (TPSA) is 44.9 Å². The van der Waals surface area contributed by atoms with Crippen molar-refractivity contribution in [2.45, 2.75) is 13.3 Å². The Bertz CT molecular complexity index is 823. The summed E-state index contributed by atoms with van der Waals surface area (Å²) in [6.07, 6.45) is 2.73. The fourth-order valence-corrected chi connectivity index (χ4v) is 2.73. The van der Waals surface area contributed by atoms with E-state index in [1.54, 1.807) is 0 Å².